The van der Waals surface area contributed by atoms with Crippen molar-refractivity contribution in [3.8, 4) is 11.5 Å². The molecule has 1 N–H and O–H groups in total. The summed E-state index contributed by atoms with van der Waals surface area (Å²) in [4.78, 5) is 2.36. The van der Waals surface area contributed by atoms with Gasteiger partial charge < -0.3 is 19.7 Å². The molecule has 0 aromatic heterocycles. The average Bonchev–Trinajstić information content (AvgIpc) is 2.73. The molecule has 1 aliphatic rings. The first kappa shape index (κ1) is 16.2. The fourth-order valence-corrected chi connectivity index (χ4v) is 2.94. The number of methoxy groups -OCH3 is 2. The molecule has 1 fully saturated rings. The normalized spacial score (nSPS) is 19.5. The number of ether oxygens (including phenoxy) is 2. The van der Waals surface area contributed by atoms with Crippen LogP contribution in [0.15, 0.2) is 12.1 Å². The summed E-state index contributed by atoms with van der Waals surface area (Å²) in [6.07, 6.45) is 1.11. The molecule has 0 amide bonds. The number of hydrogen-bond acceptors (Lipinski definition) is 4. The molecule has 2 rings (SSSR count). The summed E-state index contributed by atoms with van der Waals surface area (Å²) in [5, 5.41) is 4.23. The Balaban J connectivity index is 2.32. The largest absolute Gasteiger partial charge is 0.495 e. The molecule has 21 heavy (non-hydrogen) atoms. The maximum Gasteiger partial charge on any atom is 0.145 e. The van der Waals surface area contributed by atoms with Crippen molar-refractivity contribution in [2.45, 2.75) is 26.3 Å². The highest BCUT2D eigenvalue weighted by atomic mass is 35.5. The molecule has 0 radical (unpaired) electrons. The summed E-state index contributed by atoms with van der Waals surface area (Å²) >= 11 is 6.29. The fraction of sp³-hybridized carbons (Fsp3) is 0.625. The molecule has 0 spiro atoms. The molecule has 4 nitrogen and oxygen atoms in total. The summed E-state index contributed by atoms with van der Waals surface area (Å²) in [5.41, 5.74) is 1.04. The SMILES string of the molecule is COc1cc(OC)c(N2CCCNC(C(C)C)C2)cc1Cl. The highest BCUT2D eigenvalue weighted by Crippen LogP contribution is 2.38. The molecule has 0 aliphatic carbocycles. The average molecular weight is 313 g/mol. The van der Waals surface area contributed by atoms with Crippen molar-refractivity contribution in [3.63, 3.8) is 0 Å². The van der Waals surface area contributed by atoms with Gasteiger partial charge in [0.05, 0.1) is 24.9 Å². The lowest BCUT2D eigenvalue weighted by atomic mass is 10.0. The van der Waals surface area contributed by atoms with Crippen molar-refractivity contribution in [1.82, 2.24) is 5.32 Å². The Kier molecular flexibility index (Phi) is 5.59. The highest BCUT2D eigenvalue weighted by molar-refractivity contribution is 6.32. The van der Waals surface area contributed by atoms with E-state index >= 15 is 0 Å². The van der Waals surface area contributed by atoms with Gasteiger partial charge in [-0.15, -0.1) is 0 Å². The van der Waals surface area contributed by atoms with Crippen LogP contribution in [-0.2, 0) is 0 Å². The Bertz CT molecular complexity index is 480. The van der Waals surface area contributed by atoms with Gasteiger partial charge in [-0.2, -0.15) is 0 Å². The zero-order valence-corrected chi connectivity index (χ0v) is 14.0. The van der Waals surface area contributed by atoms with Crippen molar-refractivity contribution in [2.24, 2.45) is 5.92 Å². The van der Waals surface area contributed by atoms with E-state index < -0.39 is 0 Å². The predicted molar refractivity (Wildman–Crippen MR) is 88.0 cm³/mol. The number of anilines is 1. The first-order valence-electron chi connectivity index (χ1n) is 7.46. The Labute approximate surface area is 132 Å². The van der Waals surface area contributed by atoms with Crippen LogP contribution in [0.5, 0.6) is 11.5 Å². The lowest BCUT2D eigenvalue weighted by molar-refractivity contribution is 0.392. The van der Waals surface area contributed by atoms with E-state index in [-0.39, 0.29) is 0 Å². The Morgan fingerprint density at radius 2 is 1.95 bits per heavy atom. The smallest absolute Gasteiger partial charge is 0.145 e. The highest BCUT2D eigenvalue weighted by Gasteiger charge is 2.23. The molecule has 0 saturated carbocycles. The maximum absolute atomic E-state index is 6.29. The van der Waals surface area contributed by atoms with Gasteiger partial charge in [0.2, 0.25) is 0 Å². The van der Waals surface area contributed by atoms with Gasteiger partial charge in [-0.3, -0.25) is 0 Å². The Morgan fingerprint density at radius 1 is 1.24 bits per heavy atom. The van der Waals surface area contributed by atoms with Crippen LogP contribution in [0.25, 0.3) is 0 Å². The standard InChI is InChI=1S/C16H25ClN2O2/c1-11(2)13-10-19(7-5-6-18-13)14-8-12(17)15(20-3)9-16(14)21-4/h8-9,11,13,18H,5-7,10H2,1-4H3. The van der Waals surface area contributed by atoms with E-state index in [1.165, 1.54) is 0 Å². The van der Waals surface area contributed by atoms with Gasteiger partial charge in [-0.25, -0.2) is 0 Å². The van der Waals surface area contributed by atoms with E-state index in [1.807, 2.05) is 12.1 Å². The van der Waals surface area contributed by atoms with Crippen molar-refractivity contribution in [2.75, 3.05) is 38.8 Å². The van der Waals surface area contributed by atoms with Crippen molar-refractivity contribution < 1.29 is 9.47 Å². The van der Waals surface area contributed by atoms with Gasteiger partial charge >= 0.3 is 0 Å². The Morgan fingerprint density at radius 3 is 2.57 bits per heavy atom. The Hall–Kier alpha value is -1.13. The third-order valence-corrected chi connectivity index (χ3v) is 4.32. The summed E-state index contributed by atoms with van der Waals surface area (Å²) in [7, 11) is 3.30. The molecule has 1 aromatic carbocycles. The van der Waals surface area contributed by atoms with E-state index in [0.717, 1.165) is 37.5 Å². The second-order valence-corrected chi connectivity index (χ2v) is 6.17. The van der Waals surface area contributed by atoms with Gasteiger partial charge in [-0.1, -0.05) is 25.4 Å². The fourth-order valence-electron chi connectivity index (χ4n) is 2.71. The van der Waals surface area contributed by atoms with Crippen LogP contribution < -0.4 is 19.7 Å². The third-order valence-electron chi connectivity index (χ3n) is 4.03. The van der Waals surface area contributed by atoms with Crippen LogP contribution >= 0.6 is 11.6 Å². The molecule has 1 unspecified atom stereocenters. The number of halogens is 1. The van der Waals surface area contributed by atoms with Gasteiger partial charge in [-0.05, 0) is 24.9 Å². The summed E-state index contributed by atoms with van der Waals surface area (Å²) in [5.74, 6) is 2.04. The molecule has 1 aromatic rings. The predicted octanol–water partition coefficient (Wildman–Crippen LogP) is 3.18. The summed E-state index contributed by atoms with van der Waals surface area (Å²) in [6, 6.07) is 4.28. The molecular formula is C16H25ClN2O2. The van der Waals surface area contributed by atoms with Crippen LogP contribution in [0.2, 0.25) is 5.02 Å². The van der Waals surface area contributed by atoms with Crippen molar-refractivity contribution >= 4 is 17.3 Å². The topological polar surface area (TPSA) is 33.7 Å². The second-order valence-electron chi connectivity index (χ2n) is 5.76. The molecular weight excluding hydrogens is 288 g/mol. The monoisotopic (exact) mass is 312 g/mol. The van der Waals surface area contributed by atoms with Gasteiger partial charge in [0.25, 0.3) is 0 Å². The third kappa shape index (κ3) is 3.74. The maximum atomic E-state index is 6.29. The molecule has 5 heteroatoms. The summed E-state index contributed by atoms with van der Waals surface area (Å²) < 4.78 is 10.8. The van der Waals surface area contributed by atoms with E-state index in [9.17, 15) is 0 Å². The van der Waals surface area contributed by atoms with Crippen LogP contribution in [0, 0.1) is 5.92 Å². The zero-order valence-electron chi connectivity index (χ0n) is 13.3. The van der Waals surface area contributed by atoms with Gasteiger partial charge in [0.1, 0.15) is 11.5 Å². The van der Waals surface area contributed by atoms with Gasteiger partial charge in [0.15, 0.2) is 0 Å². The zero-order chi connectivity index (χ0) is 15.4. The van der Waals surface area contributed by atoms with E-state index in [1.54, 1.807) is 14.2 Å². The number of rotatable bonds is 4. The number of nitrogens with zero attached hydrogens (tertiary/aromatic N) is 1. The van der Waals surface area contributed by atoms with Crippen LogP contribution in [0.4, 0.5) is 5.69 Å². The minimum Gasteiger partial charge on any atom is -0.495 e. The lowest BCUT2D eigenvalue weighted by Crippen LogP contribution is -2.41. The number of hydrogen-bond donors (Lipinski definition) is 1. The quantitative estimate of drug-likeness (QED) is 0.926. The second kappa shape index (κ2) is 7.23. The van der Waals surface area contributed by atoms with Crippen molar-refractivity contribution in [1.29, 1.82) is 0 Å². The molecule has 1 aliphatic heterocycles. The lowest BCUT2D eigenvalue weighted by Gasteiger charge is -2.30. The first-order chi connectivity index (χ1) is 10.1. The minimum atomic E-state index is 0.470. The van der Waals surface area contributed by atoms with Crippen molar-refractivity contribution in [3.05, 3.63) is 17.2 Å². The molecule has 1 heterocycles. The molecule has 1 atom stereocenters. The minimum absolute atomic E-state index is 0.470. The molecule has 118 valence electrons. The van der Waals surface area contributed by atoms with Crippen LogP contribution in [-0.4, -0.2) is 39.9 Å². The molecule has 0 bridgehead atoms. The van der Waals surface area contributed by atoms with Crippen LogP contribution in [0.1, 0.15) is 20.3 Å². The number of benzene rings is 1. The van der Waals surface area contributed by atoms with Crippen LogP contribution in [0.3, 0.4) is 0 Å². The van der Waals surface area contributed by atoms with E-state index in [2.05, 4.69) is 24.1 Å². The van der Waals surface area contributed by atoms with E-state index in [0.29, 0.717) is 22.7 Å². The van der Waals surface area contributed by atoms with E-state index in [4.69, 9.17) is 21.1 Å². The first-order valence-corrected chi connectivity index (χ1v) is 7.84. The number of nitrogens with one attached hydrogen (secondary N) is 1. The van der Waals surface area contributed by atoms with Gasteiger partial charge in [0, 0.05) is 25.2 Å². The molecule has 1 saturated heterocycles. The summed E-state index contributed by atoms with van der Waals surface area (Å²) in [6.45, 7) is 7.50.